The molecule has 1 aromatic heterocycles. The smallest absolute Gasteiger partial charge is 0.234 e. The van der Waals surface area contributed by atoms with E-state index in [1.54, 1.807) is 0 Å². The number of halogens is 1. The first kappa shape index (κ1) is 21.8. The van der Waals surface area contributed by atoms with Gasteiger partial charge in [-0.05, 0) is 48.9 Å². The first-order valence-electron chi connectivity index (χ1n) is 10.1. The van der Waals surface area contributed by atoms with E-state index in [4.69, 9.17) is 16.3 Å². The number of aromatic nitrogens is 3. The molecular formula is C22H24ClN5O2S. The molecule has 4 rings (SSSR count). The zero-order valence-corrected chi connectivity index (χ0v) is 18.8. The summed E-state index contributed by atoms with van der Waals surface area (Å²) in [6.07, 6.45) is 0. The molecule has 9 heteroatoms. The van der Waals surface area contributed by atoms with Gasteiger partial charge in [0.1, 0.15) is 0 Å². The lowest BCUT2D eigenvalue weighted by Gasteiger charge is -2.26. The van der Waals surface area contributed by atoms with E-state index < -0.39 is 0 Å². The lowest BCUT2D eigenvalue weighted by Crippen LogP contribution is -2.36. The molecular weight excluding hydrogens is 434 g/mol. The summed E-state index contributed by atoms with van der Waals surface area (Å²) in [4.78, 5) is 14.8. The van der Waals surface area contributed by atoms with Gasteiger partial charge in [-0.25, -0.2) is 0 Å². The number of anilines is 1. The minimum absolute atomic E-state index is 0.0871. The average Bonchev–Trinajstić information content (AvgIpc) is 3.16. The maximum atomic E-state index is 12.5. The zero-order chi connectivity index (χ0) is 21.6. The van der Waals surface area contributed by atoms with Crippen molar-refractivity contribution < 1.29 is 9.53 Å². The Kier molecular flexibility index (Phi) is 7.24. The SMILES string of the molecule is Cc1cccc(NC(=O)CSc2nnc(CN3CCOCC3)n2-c2ccc(Cl)cc2)c1. The Morgan fingerprint density at radius 2 is 1.94 bits per heavy atom. The van der Waals surface area contributed by atoms with Crippen LogP contribution in [-0.4, -0.2) is 57.6 Å². The predicted molar refractivity (Wildman–Crippen MR) is 123 cm³/mol. The second-order valence-corrected chi connectivity index (χ2v) is 8.68. The van der Waals surface area contributed by atoms with Crippen molar-refractivity contribution in [3.8, 4) is 5.69 Å². The van der Waals surface area contributed by atoms with Crippen LogP contribution in [0.15, 0.2) is 53.7 Å². The van der Waals surface area contributed by atoms with Crippen molar-refractivity contribution >= 4 is 35.0 Å². The third kappa shape index (κ3) is 5.86. The normalized spacial score (nSPS) is 14.5. The molecule has 162 valence electrons. The van der Waals surface area contributed by atoms with Gasteiger partial charge in [-0.15, -0.1) is 10.2 Å². The lowest BCUT2D eigenvalue weighted by molar-refractivity contribution is -0.113. The van der Waals surface area contributed by atoms with E-state index in [2.05, 4.69) is 20.4 Å². The van der Waals surface area contributed by atoms with Crippen LogP contribution in [0.5, 0.6) is 0 Å². The molecule has 1 aliphatic rings. The van der Waals surface area contributed by atoms with Crippen LogP contribution in [0, 0.1) is 6.92 Å². The Hall–Kier alpha value is -2.39. The molecule has 2 heterocycles. The summed E-state index contributed by atoms with van der Waals surface area (Å²) in [5.41, 5.74) is 2.80. The predicted octanol–water partition coefficient (Wildman–Crippen LogP) is 3.79. The van der Waals surface area contributed by atoms with Crippen molar-refractivity contribution in [2.45, 2.75) is 18.6 Å². The van der Waals surface area contributed by atoms with Crippen molar-refractivity contribution in [3.63, 3.8) is 0 Å². The van der Waals surface area contributed by atoms with E-state index in [9.17, 15) is 4.79 Å². The molecule has 7 nitrogen and oxygen atoms in total. The van der Waals surface area contributed by atoms with Crippen molar-refractivity contribution in [1.29, 1.82) is 0 Å². The third-order valence-electron chi connectivity index (χ3n) is 4.89. The van der Waals surface area contributed by atoms with Gasteiger partial charge in [0.05, 0.1) is 25.5 Å². The standard InChI is InChI=1S/C22H24ClN5O2S/c1-16-3-2-4-18(13-16)24-21(29)15-31-22-26-25-20(14-27-9-11-30-12-10-27)28(22)19-7-5-17(23)6-8-19/h2-8,13H,9-12,14-15H2,1H3,(H,24,29). The number of aryl methyl sites for hydroxylation is 1. The number of carbonyl (C=O) groups is 1. The number of hydrogen-bond acceptors (Lipinski definition) is 6. The van der Waals surface area contributed by atoms with Crippen LogP contribution in [0.1, 0.15) is 11.4 Å². The van der Waals surface area contributed by atoms with Crippen molar-refractivity contribution in [3.05, 3.63) is 64.9 Å². The molecule has 1 aliphatic heterocycles. The molecule has 1 amide bonds. The van der Waals surface area contributed by atoms with Gasteiger partial charge in [-0.1, -0.05) is 35.5 Å². The highest BCUT2D eigenvalue weighted by molar-refractivity contribution is 7.99. The van der Waals surface area contributed by atoms with E-state index in [1.165, 1.54) is 11.8 Å². The lowest BCUT2D eigenvalue weighted by atomic mass is 10.2. The largest absolute Gasteiger partial charge is 0.379 e. The van der Waals surface area contributed by atoms with Crippen molar-refractivity contribution in [1.82, 2.24) is 19.7 Å². The summed E-state index contributed by atoms with van der Waals surface area (Å²) in [7, 11) is 0. The van der Waals surface area contributed by atoms with Gasteiger partial charge in [0.2, 0.25) is 5.91 Å². The van der Waals surface area contributed by atoms with Gasteiger partial charge in [0, 0.05) is 29.5 Å². The van der Waals surface area contributed by atoms with Crippen LogP contribution in [0.2, 0.25) is 5.02 Å². The number of amides is 1. The zero-order valence-electron chi connectivity index (χ0n) is 17.3. The maximum absolute atomic E-state index is 12.5. The summed E-state index contributed by atoms with van der Waals surface area (Å²) in [5, 5.41) is 13.1. The topological polar surface area (TPSA) is 72.3 Å². The summed E-state index contributed by atoms with van der Waals surface area (Å²) < 4.78 is 7.44. The number of hydrogen-bond donors (Lipinski definition) is 1. The Labute approximate surface area is 190 Å². The molecule has 0 aliphatic carbocycles. The molecule has 0 unspecified atom stereocenters. The number of thioether (sulfide) groups is 1. The Balaban J connectivity index is 1.50. The highest BCUT2D eigenvalue weighted by Crippen LogP contribution is 2.24. The molecule has 0 bridgehead atoms. The third-order valence-corrected chi connectivity index (χ3v) is 6.07. The fourth-order valence-corrected chi connectivity index (χ4v) is 4.25. The Morgan fingerprint density at radius 3 is 2.68 bits per heavy atom. The van der Waals surface area contributed by atoms with E-state index in [-0.39, 0.29) is 11.7 Å². The van der Waals surface area contributed by atoms with Crippen LogP contribution in [-0.2, 0) is 16.1 Å². The number of nitrogens with one attached hydrogen (secondary N) is 1. The summed E-state index contributed by atoms with van der Waals surface area (Å²) in [6, 6.07) is 15.3. The van der Waals surface area contributed by atoms with Crippen LogP contribution >= 0.6 is 23.4 Å². The molecule has 3 aromatic rings. The quantitative estimate of drug-likeness (QED) is 0.544. The Bertz CT molecular complexity index is 1030. The minimum atomic E-state index is -0.0871. The second kappa shape index (κ2) is 10.3. The number of carbonyl (C=O) groups excluding carboxylic acids is 1. The van der Waals surface area contributed by atoms with Crippen molar-refractivity contribution in [2.75, 3.05) is 37.4 Å². The van der Waals surface area contributed by atoms with E-state index in [0.29, 0.717) is 16.7 Å². The molecule has 2 aromatic carbocycles. The van der Waals surface area contributed by atoms with E-state index >= 15 is 0 Å². The monoisotopic (exact) mass is 457 g/mol. The molecule has 31 heavy (non-hydrogen) atoms. The van der Waals surface area contributed by atoms with Gasteiger partial charge in [-0.3, -0.25) is 14.3 Å². The van der Waals surface area contributed by atoms with Crippen LogP contribution < -0.4 is 5.32 Å². The van der Waals surface area contributed by atoms with E-state index in [0.717, 1.165) is 49.1 Å². The van der Waals surface area contributed by atoms with Crippen LogP contribution in [0.25, 0.3) is 5.69 Å². The van der Waals surface area contributed by atoms with Gasteiger partial charge in [0.25, 0.3) is 0 Å². The molecule has 1 fully saturated rings. The first-order chi connectivity index (χ1) is 15.1. The number of morpholine rings is 1. The highest BCUT2D eigenvalue weighted by Gasteiger charge is 2.19. The van der Waals surface area contributed by atoms with Crippen molar-refractivity contribution in [2.24, 2.45) is 0 Å². The number of ether oxygens (including phenoxy) is 1. The summed E-state index contributed by atoms with van der Waals surface area (Å²) in [5.74, 6) is 0.971. The minimum Gasteiger partial charge on any atom is -0.379 e. The maximum Gasteiger partial charge on any atom is 0.234 e. The second-order valence-electron chi connectivity index (χ2n) is 7.31. The van der Waals surface area contributed by atoms with Crippen LogP contribution in [0.3, 0.4) is 0 Å². The number of rotatable bonds is 7. The molecule has 0 atom stereocenters. The average molecular weight is 458 g/mol. The molecule has 0 radical (unpaired) electrons. The Morgan fingerprint density at radius 1 is 1.16 bits per heavy atom. The fraction of sp³-hybridized carbons (Fsp3) is 0.318. The first-order valence-corrected chi connectivity index (χ1v) is 11.4. The van der Waals surface area contributed by atoms with Crippen LogP contribution in [0.4, 0.5) is 5.69 Å². The molecule has 0 saturated carbocycles. The molecule has 1 N–H and O–H groups in total. The number of benzene rings is 2. The summed E-state index contributed by atoms with van der Waals surface area (Å²) >= 11 is 7.44. The fourth-order valence-electron chi connectivity index (χ4n) is 3.35. The summed E-state index contributed by atoms with van der Waals surface area (Å²) in [6.45, 7) is 5.80. The van der Waals surface area contributed by atoms with Gasteiger partial charge >= 0.3 is 0 Å². The molecule has 0 spiro atoms. The molecule has 1 saturated heterocycles. The van der Waals surface area contributed by atoms with E-state index in [1.807, 2.05) is 60.0 Å². The van der Waals surface area contributed by atoms with Gasteiger partial charge in [-0.2, -0.15) is 0 Å². The van der Waals surface area contributed by atoms with Gasteiger partial charge in [0.15, 0.2) is 11.0 Å². The number of nitrogens with zero attached hydrogens (tertiary/aromatic N) is 4. The van der Waals surface area contributed by atoms with Gasteiger partial charge < -0.3 is 10.1 Å². The highest BCUT2D eigenvalue weighted by atomic mass is 35.5.